The Hall–Kier alpha value is 1.51. The predicted octanol–water partition coefficient (Wildman–Crippen LogP) is 2.16. The van der Waals surface area contributed by atoms with Gasteiger partial charge in [-0.25, -0.2) is 8.42 Å². The molecule has 6 heteroatoms. The second-order valence-corrected chi connectivity index (χ2v) is 8.66. The minimum Gasteiger partial charge on any atom is -0.748 e. The summed E-state index contributed by atoms with van der Waals surface area (Å²) in [6, 6.07) is 0. The zero-order chi connectivity index (χ0) is 18.3. The quantitative estimate of drug-likeness (QED) is 0.230. The van der Waals surface area contributed by atoms with E-state index >= 15 is 0 Å². The van der Waals surface area contributed by atoms with E-state index in [0.717, 1.165) is 25.7 Å². The van der Waals surface area contributed by atoms with Crippen molar-refractivity contribution in [1.82, 2.24) is 0 Å². The van der Waals surface area contributed by atoms with Crippen LogP contribution in [0.3, 0.4) is 0 Å². The predicted molar refractivity (Wildman–Crippen MR) is 100 cm³/mol. The van der Waals surface area contributed by atoms with E-state index in [1.807, 2.05) is 6.92 Å². The average molecular weight is 403 g/mol. The van der Waals surface area contributed by atoms with E-state index in [1.165, 1.54) is 51.4 Å². The normalized spacial score (nSPS) is 14.1. The van der Waals surface area contributed by atoms with Crippen LogP contribution >= 0.6 is 0 Å². The molecule has 4 nitrogen and oxygen atoms in total. The summed E-state index contributed by atoms with van der Waals surface area (Å²) in [5.41, 5.74) is 0. The van der Waals surface area contributed by atoms with E-state index in [4.69, 9.17) is 0 Å². The molecule has 0 aliphatic heterocycles. The smallest absolute Gasteiger partial charge is 0.748 e. The molecule has 0 amide bonds. The number of hydrogen-bond donors (Lipinski definition) is 1. The Bertz CT molecular complexity index is 374. The minimum atomic E-state index is -4.40. The molecule has 0 fully saturated rings. The van der Waals surface area contributed by atoms with Gasteiger partial charge in [0.05, 0.1) is 11.4 Å². The van der Waals surface area contributed by atoms with Crippen molar-refractivity contribution in [3.05, 3.63) is 0 Å². The fraction of sp³-hybridized carbons (Fsp3) is 1.00. The second kappa shape index (κ2) is 18.9. The topological polar surface area (TPSA) is 77.4 Å². The van der Waals surface area contributed by atoms with Crippen LogP contribution in [-0.4, -0.2) is 29.4 Å². The largest absolute Gasteiger partial charge is 1.00 e. The summed E-state index contributed by atoms with van der Waals surface area (Å²) in [4.78, 5) is 0. The zero-order valence-corrected chi connectivity index (χ0v) is 20.8. The fourth-order valence-corrected chi connectivity index (χ4v) is 4.11. The Balaban J connectivity index is 0. The van der Waals surface area contributed by atoms with Crippen molar-refractivity contribution < 1.29 is 69.5 Å². The van der Waals surface area contributed by atoms with Crippen molar-refractivity contribution in [2.75, 3.05) is 0 Å². The maximum Gasteiger partial charge on any atom is 1.00 e. The van der Waals surface area contributed by atoms with Crippen LogP contribution in [0.25, 0.3) is 0 Å². The molecule has 0 aliphatic rings. The Morgan fingerprint density at radius 2 is 1.12 bits per heavy atom. The van der Waals surface area contributed by atoms with Gasteiger partial charge in [0, 0.05) is 0 Å². The molecule has 2 unspecified atom stereocenters. The molecule has 0 saturated carbocycles. The maximum absolute atomic E-state index is 11.3. The summed E-state index contributed by atoms with van der Waals surface area (Å²) in [5, 5.41) is 8.91. The Morgan fingerprint density at radius 1 is 0.720 bits per heavy atom. The summed E-state index contributed by atoms with van der Waals surface area (Å²) >= 11 is 0. The number of aliphatic hydroxyl groups is 1. The first-order valence-electron chi connectivity index (χ1n) is 10.1. The van der Waals surface area contributed by atoms with Gasteiger partial charge in [0.2, 0.25) is 0 Å². The molecule has 0 aromatic carbocycles. The van der Waals surface area contributed by atoms with E-state index in [1.54, 1.807) is 0 Å². The third kappa shape index (κ3) is 17.3. The second-order valence-electron chi connectivity index (χ2n) is 7.07. The minimum absolute atomic E-state index is 0. The zero-order valence-electron chi connectivity index (χ0n) is 16.8. The van der Waals surface area contributed by atoms with Crippen LogP contribution in [0.5, 0.6) is 0 Å². The molecule has 25 heavy (non-hydrogen) atoms. The maximum atomic E-state index is 11.3. The summed E-state index contributed by atoms with van der Waals surface area (Å²) in [6.07, 6.45) is 14.6. The van der Waals surface area contributed by atoms with Crippen molar-refractivity contribution in [2.24, 2.45) is 0 Å². The SMILES string of the molecule is CCCCCCCCCCCCCC(O)C(CCCC)S(=O)(=O)[O-].[K+]. The number of unbranched alkanes of at least 4 members (excludes halogenated alkanes) is 11. The molecule has 146 valence electrons. The van der Waals surface area contributed by atoms with E-state index in [9.17, 15) is 18.1 Å². The van der Waals surface area contributed by atoms with Gasteiger partial charge in [0.15, 0.2) is 0 Å². The fourth-order valence-electron chi connectivity index (χ4n) is 3.14. The molecule has 0 heterocycles. The van der Waals surface area contributed by atoms with Crippen molar-refractivity contribution >= 4 is 10.1 Å². The van der Waals surface area contributed by atoms with Crippen LogP contribution in [0.4, 0.5) is 0 Å². The van der Waals surface area contributed by atoms with Crippen molar-refractivity contribution in [3.63, 3.8) is 0 Å². The van der Waals surface area contributed by atoms with Gasteiger partial charge in [-0.1, -0.05) is 97.3 Å². The molecule has 0 aromatic heterocycles. The van der Waals surface area contributed by atoms with Crippen molar-refractivity contribution in [3.8, 4) is 0 Å². The Morgan fingerprint density at radius 3 is 1.52 bits per heavy atom. The molecule has 0 saturated heterocycles. The van der Waals surface area contributed by atoms with Crippen LogP contribution in [-0.2, 0) is 10.1 Å². The van der Waals surface area contributed by atoms with Crippen molar-refractivity contribution in [1.29, 1.82) is 0 Å². The molecule has 0 rings (SSSR count). The van der Waals surface area contributed by atoms with Gasteiger partial charge in [0.25, 0.3) is 0 Å². The number of hydrogen-bond acceptors (Lipinski definition) is 4. The molecule has 0 aromatic rings. The molecule has 0 bridgehead atoms. The van der Waals surface area contributed by atoms with Gasteiger partial charge < -0.3 is 9.66 Å². The van der Waals surface area contributed by atoms with Crippen LogP contribution in [0, 0.1) is 0 Å². The summed E-state index contributed by atoms with van der Waals surface area (Å²) in [5.74, 6) is 0. The van der Waals surface area contributed by atoms with E-state index in [-0.39, 0.29) is 57.8 Å². The first kappa shape index (κ1) is 28.7. The Kier molecular flexibility index (Phi) is 21.7. The van der Waals surface area contributed by atoms with Crippen LogP contribution < -0.4 is 51.4 Å². The molecular weight excluding hydrogens is 363 g/mol. The summed E-state index contributed by atoms with van der Waals surface area (Å²) in [7, 11) is -4.40. The van der Waals surface area contributed by atoms with Gasteiger partial charge in [-0.15, -0.1) is 0 Å². The number of aliphatic hydroxyl groups excluding tert-OH is 1. The summed E-state index contributed by atoms with van der Waals surface area (Å²) in [6.45, 7) is 4.18. The Labute approximate surface area is 199 Å². The van der Waals surface area contributed by atoms with Crippen molar-refractivity contribution in [2.45, 2.75) is 122 Å². The first-order valence-corrected chi connectivity index (χ1v) is 11.5. The van der Waals surface area contributed by atoms with Crippen LogP contribution in [0.2, 0.25) is 0 Å². The molecular formula is C19H39KO4S. The van der Waals surface area contributed by atoms with Gasteiger partial charge in [-0.3, -0.25) is 0 Å². The van der Waals surface area contributed by atoms with E-state index in [0.29, 0.717) is 12.8 Å². The number of rotatable bonds is 17. The van der Waals surface area contributed by atoms with E-state index < -0.39 is 21.5 Å². The molecule has 1 N–H and O–H groups in total. The molecule has 0 aliphatic carbocycles. The average Bonchev–Trinajstić information content (AvgIpc) is 2.51. The van der Waals surface area contributed by atoms with E-state index in [2.05, 4.69) is 6.92 Å². The standard InChI is InChI=1S/C19H40O4S.K/c1-3-5-7-8-9-10-11-12-13-14-15-16-18(20)19(17-6-4-2)24(21,22)23;/h18-20H,3-17H2,1-2H3,(H,21,22,23);/q;+1/p-1. The van der Waals surface area contributed by atoms with Gasteiger partial charge in [-0.2, -0.15) is 0 Å². The van der Waals surface area contributed by atoms with Crippen LogP contribution in [0.1, 0.15) is 110 Å². The van der Waals surface area contributed by atoms with Crippen LogP contribution in [0.15, 0.2) is 0 Å². The first-order chi connectivity index (χ1) is 11.4. The third-order valence-corrected chi connectivity index (χ3v) is 6.04. The summed E-state index contributed by atoms with van der Waals surface area (Å²) < 4.78 is 33.8. The van der Waals surface area contributed by atoms with Gasteiger partial charge in [-0.05, 0) is 12.8 Å². The molecule has 0 spiro atoms. The van der Waals surface area contributed by atoms with Gasteiger partial charge in [0.1, 0.15) is 10.1 Å². The van der Waals surface area contributed by atoms with Gasteiger partial charge >= 0.3 is 51.4 Å². The molecule has 2 atom stereocenters. The molecule has 0 radical (unpaired) electrons. The third-order valence-electron chi connectivity index (χ3n) is 4.75. The monoisotopic (exact) mass is 402 g/mol.